The number of hydrogen-bond acceptors (Lipinski definition) is 10. The molecule has 10 heteroatoms. The van der Waals surface area contributed by atoms with Crippen molar-refractivity contribution in [2.45, 2.75) is 34.6 Å². The summed E-state index contributed by atoms with van der Waals surface area (Å²) < 4.78 is 26.5. The van der Waals surface area contributed by atoms with Crippen LogP contribution in [0.4, 0.5) is 0 Å². The maximum Gasteiger partial charge on any atom is 0.339 e. The molecule has 0 atom stereocenters. The van der Waals surface area contributed by atoms with Crippen LogP contribution in [0.25, 0.3) is 6.08 Å². The molecule has 0 bridgehead atoms. The SMILES string of the molecule is C=C(C)C(=O)Oc1ccc(C=C(C)C(=O)Oc2ccc(OC(=O)C(=C)C)cc2OC(=O)C(=C)C)c(OC(=O)C(=C)C)c1. The van der Waals surface area contributed by atoms with E-state index in [1.807, 2.05) is 0 Å². The lowest BCUT2D eigenvalue weighted by Gasteiger charge is -2.13. The van der Waals surface area contributed by atoms with Gasteiger partial charge in [-0.05, 0) is 65.0 Å². The Hall–Kier alpha value is -5.51. The molecule has 0 heterocycles. The largest absolute Gasteiger partial charge is 0.423 e. The topological polar surface area (TPSA) is 132 Å². The second kappa shape index (κ2) is 14.2. The van der Waals surface area contributed by atoms with Crippen molar-refractivity contribution in [3.63, 3.8) is 0 Å². The minimum absolute atomic E-state index is 0.0102. The van der Waals surface area contributed by atoms with Crippen LogP contribution in [-0.4, -0.2) is 29.8 Å². The molecule has 0 amide bonds. The number of benzene rings is 2. The Morgan fingerprint density at radius 3 is 1.36 bits per heavy atom. The monoisotopic (exact) mass is 574 g/mol. The first-order chi connectivity index (χ1) is 19.6. The van der Waals surface area contributed by atoms with Gasteiger partial charge >= 0.3 is 29.8 Å². The molecule has 0 saturated heterocycles. The molecule has 0 fully saturated rings. The van der Waals surface area contributed by atoms with E-state index in [1.165, 1.54) is 77.1 Å². The number of esters is 5. The molecule has 0 aliphatic rings. The highest BCUT2D eigenvalue weighted by atomic mass is 16.6. The molecule has 42 heavy (non-hydrogen) atoms. The minimum atomic E-state index is -0.857. The highest BCUT2D eigenvalue weighted by Crippen LogP contribution is 2.34. The molecule has 10 nitrogen and oxygen atoms in total. The zero-order valence-corrected chi connectivity index (χ0v) is 24.0. The Bertz CT molecular complexity index is 1550. The van der Waals surface area contributed by atoms with Gasteiger partial charge in [-0.2, -0.15) is 0 Å². The van der Waals surface area contributed by atoms with Crippen LogP contribution < -0.4 is 23.7 Å². The predicted molar refractivity (Wildman–Crippen MR) is 154 cm³/mol. The van der Waals surface area contributed by atoms with Gasteiger partial charge in [0.1, 0.15) is 17.2 Å². The summed E-state index contributed by atoms with van der Waals surface area (Å²) in [6.45, 7) is 21.3. The number of rotatable bonds is 11. The predicted octanol–water partition coefficient (Wildman–Crippen LogP) is 5.62. The van der Waals surface area contributed by atoms with Crippen LogP contribution in [0.3, 0.4) is 0 Å². The summed E-state index contributed by atoms with van der Waals surface area (Å²) in [4.78, 5) is 61.3. The van der Waals surface area contributed by atoms with E-state index in [0.717, 1.165) is 0 Å². The number of carbonyl (C=O) groups excluding carboxylic acids is 5. The quantitative estimate of drug-likeness (QED) is 0.189. The van der Waals surface area contributed by atoms with Crippen LogP contribution in [0, 0.1) is 0 Å². The van der Waals surface area contributed by atoms with Gasteiger partial charge in [-0.3, -0.25) is 0 Å². The molecule has 0 aliphatic carbocycles. The van der Waals surface area contributed by atoms with Crippen molar-refractivity contribution in [1.82, 2.24) is 0 Å². The van der Waals surface area contributed by atoms with Gasteiger partial charge in [0.25, 0.3) is 0 Å². The molecular weight excluding hydrogens is 544 g/mol. The molecule has 2 rings (SSSR count). The van der Waals surface area contributed by atoms with Gasteiger partial charge < -0.3 is 23.7 Å². The van der Waals surface area contributed by atoms with E-state index in [9.17, 15) is 24.0 Å². The van der Waals surface area contributed by atoms with Crippen LogP contribution >= 0.6 is 0 Å². The van der Waals surface area contributed by atoms with E-state index >= 15 is 0 Å². The van der Waals surface area contributed by atoms with Crippen LogP contribution in [0.15, 0.2) is 90.6 Å². The van der Waals surface area contributed by atoms with Crippen LogP contribution in [0.1, 0.15) is 40.2 Å². The normalized spacial score (nSPS) is 10.5. The summed E-state index contributed by atoms with van der Waals surface area (Å²) in [7, 11) is 0. The fraction of sp³-hybridized carbons (Fsp3) is 0.156. The number of carbonyl (C=O) groups is 5. The van der Waals surface area contributed by atoms with E-state index in [2.05, 4.69) is 26.3 Å². The summed E-state index contributed by atoms with van der Waals surface area (Å²) in [6.07, 6.45) is 1.37. The molecular formula is C32H30O10. The third kappa shape index (κ3) is 9.30. The summed E-state index contributed by atoms with van der Waals surface area (Å²) in [5.41, 5.74) is 0.798. The van der Waals surface area contributed by atoms with Crippen LogP contribution in [0.2, 0.25) is 0 Å². The van der Waals surface area contributed by atoms with Crippen molar-refractivity contribution in [3.8, 4) is 28.7 Å². The standard InChI is InChI=1S/C32H30O10/c1-17(2)28(33)38-23-11-10-22(26(15-23)41-30(35)19(5)6)14-21(9)32(37)40-25-13-12-24(39-29(34)18(3)4)16-27(25)42-31(36)20(7)8/h10-16H,1,3,5,7H2,2,4,6,8-9H3. The average molecular weight is 575 g/mol. The zero-order chi connectivity index (χ0) is 31.7. The Kier molecular flexibility index (Phi) is 11.1. The first kappa shape index (κ1) is 32.7. The molecule has 0 unspecified atom stereocenters. The average Bonchev–Trinajstić information content (AvgIpc) is 2.90. The van der Waals surface area contributed by atoms with Crippen molar-refractivity contribution in [1.29, 1.82) is 0 Å². The molecule has 0 saturated carbocycles. The van der Waals surface area contributed by atoms with Crippen molar-refractivity contribution in [3.05, 3.63) is 96.1 Å². The van der Waals surface area contributed by atoms with E-state index in [4.69, 9.17) is 23.7 Å². The Morgan fingerprint density at radius 2 is 0.881 bits per heavy atom. The summed E-state index contributed by atoms with van der Waals surface area (Å²) in [6, 6.07) is 8.00. The number of hydrogen-bond donors (Lipinski definition) is 0. The highest BCUT2D eigenvalue weighted by Gasteiger charge is 2.19. The van der Waals surface area contributed by atoms with Crippen molar-refractivity contribution >= 4 is 35.9 Å². The van der Waals surface area contributed by atoms with E-state index < -0.39 is 29.8 Å². The van der Waals surface area contributed by atoms with Gasteiger partial charge in [-0.1, -0.05) is 26.3 Å². The Morgan fingerprint density at radius 1 is 0.500 bits per heavy atom. The fourth-order valence-corrected chi connectivity index (χ4v) is 2.74. The van der Waals surface area contributed by atoms with Crippen molar-refractivity contribution in [2.75, 3.05) is 0 Å². The third-order valence-electron chi connectivity index (χ3n) is 5.02. The Balaban J connectivity index is 2.43. The lowest BCUT2D eigenvalue weighted by Crippen LogP contribution is -2.14. The first-order valence-electron chi connectivity index (χ1n) is 12.3. The molecule has 0 N–H and O–H groups in total. The van der Waals surface area contributed by atoms with Gasteiger partial charge in [0.05, 0.1) is 0 Å². The third-order valence-corrected chi connectivity index (χ3v) is 5.02. The van der Waals surface area contributed by atoms with E-state index in [-0.39, 0.29) is 62.2 Å². The smallest absolute Gasteiger partial charge is 0.339 e. The van der Waals surface area contributed by atoms with Crippen molar-refractivity contribution < 1.29 is 47.7 Å². The minimum Gasteiger partial charge on any atom is -0.423 e. The lowest BCUT2D eigenvalue weighted by atomic mass is 10.1. The maximum atomic E-state index is 13.0. The fourth-order valence-electron chi connectivity index (χ4n) is 2.74. The maximum absolute atomic E-state index is 13.0. The van der Waals surface area contributed by atoms with E-state index in [1.54, 1.807) is 0 Å². The summed E-state index contributed by atoms with van der Waals surface area (Å²) in [5.74, 6) is -4.12. The molecule has 0 aromatic heterocycles. The summed E-state index contributed by atoms with van der Waals surface area (Å²) in [5, 5.41) is 0. The molecule has 0 radical (unpaired) electrons. The lowest BCUT2D eigenvalue weighted by molar-refractivity contribution is -0.132. The van der Waals surface area contributed by atoms with Crippen LogP contribution in [-0.2, 0) is 24.0 Å². The van der Waals surface area contributed by atoms with Crippen molar-refractivity contribution in [2.24, 2.45) is 0 Å². The summed E-state index contributed by atoms with van der Waals surface area (Å²) >= 11 is 0. The zero-order valence-electron chi connectivity index (χ0n) is 24.0. The van der Waals surface area contributed by atoms with Gasteiger partial charge in [0.2, 0.25) is 0 Å². The van der Waals surface area contributed by atoms with Crippen LogP contribution in [0.5, 0.6) is 28.7 Å². The molecule has 0 aliphatic heterocycles. The number of ether oxygens (including phenoxy) is 5. The molecule has 0 spiro atoms. The highest BCUT2D eigenvalue weighted by molar-refractivity contribution is 5.96. The second-order valence-corrected chi connectivity index (χ2v) is 9.20. The molecule has 218 valence electrons. The van der Waals surface area contributed by atoms with E-state index in [0.29, 0.717) is 0 Å². The first-order valence-corrected chi connectivity index (χ1v) is 12.3. The van der Waals surface area contributed by atoms with Gasteiger partial charge in [0, 0.05) is 45.6 Å². The van der Waals surface area contributed by atoms with Gasteiger partial charge in [-0.15, -0.1) is 0 Å². The van der Waals surface area contributed by atoms with Gasteiger partial charge in [0.15, 0.2) is 11.5 Å². The Labute approximate surface area is 243 Å². The van der Waals surface area contributed by atoms with Gasteiger partial charge in [-0.25, -0.2) is 24.0 Å². The molecule has 2 aromatic carbocycles. The second-order valence-electron chi connectivity index (χ2n) is 9.20. The molecule has 2 aromatic rings.